The average Bonchev–Trinajstić information content (AvgIpc) is 2.28. The number of benzene rings is 1. The van der Waals surface area contributed by atoms with E-state index in [0.29, 0.717) is 0 Å². The third-order valence-electron chi connectivity index (χ3n) is 1.95. The minimum atomic E-state index is -4.25. The summed E-state index contributed by atoms with van der Waals surface area (Å²) in [6.45, 7) is 1.06. The van der Waals surface area contributed by atoms with Crippen molar-refractivity contribution < 1.29 is 27.4 Å². The standard InChI is InChI=1S/C9H9NO7S/c1-6(9(11)12)17-18(15,16)8-4-2-7(3-5-8)10(13)14/h2-6H,1H3,(H,11,12). The summed E-state index contributed by atoms with van der Waals surface area (Å²) in [6, 6.07) is 3.92. The zero-order valence-electron chi connectivity index (χ0n) is 9.14. The van der Waals surface area contributed by atoms with Crippen LogP contribution >= 0.6 is 0 Å². The van der Waals surface area contributed by atoms with E-state index in [9.17, 15) is 23.3 Å². The van der Waals surface area contributed by atoms with Gasteiger partial charge in [-0.1, -0.05) is 0 Å². The highest BCUT2D eigenvalue weighted by Crippen LogP contribution is 2.18. The lowest BCUT2D eigenvalue weighted by Crippen LogP contribution is -2.23. The Kier molecular flexibility index (Phi) is 3.99. The second-order valence-corrected chi connectivity index (χ2v) is 4.85. The molecule has 1 aromatic rings. The smallest absolute Gasteiger partial charge is 0.334 e. The molecule has 18 heavy (non-hydrogen) atoms. The lowest BCUT2D eigenvalue weighted by atomic mass is 10.3. The largest absolute Gasteiger partial charge is 0.479 e. The van der Waals surface area contributed by atoms with Gasteiger partial charge in [-0.2, -0.15) is 8.42 Å². The highest BCUT2D eigenvalue weighted by atomic mass is 32.2. The van der Waals surface area contributed by atoms with E-state index in [1.54, 1.807) is 0 Å². The molecule has 1 atom stereocenters. The van der Waals surface area contributed by atoms with E-state index in [0.717, 1.165) is 31.2 Å². The molecule has 98 valence electrons. The van der Waals surface area contributed by atoms with Gasteiger partial charge in [0.1, 0.15) is 0 Å². The maximum Gasteiger partial charge on any atom is 0.334 e. The van der Waals surface area contributed by atoms with Gasteiger partial charge in [-0.15, -0.1) is 0 Å². The molecule has 0 saturated carbocycles. The van der Waals surface area contributed by atoms with Crippen molar-refractivity contribution in [2.45, 2.75) is 17.9 Å². The summed E-state index contributed by atoms with van der Waals surface area (Å²) in [6.07, 6.45) is -1.54. The summed E-state index contributed by atoms with van der Waals surface area (Å²) >= 11 is 0. The first kappa shape index (κ1) is 14.1. The van der Waals surface area contributed by atoms with E-state index >= 15 is 0 Å². The first-order valence-electron chi connectivity index (χ1n) is 4.64. The quantitative estimate of drug-likeness (QED) is 0.478. The van der Waals surface area contributed by atoms with Crippen molar-refractivity contribution in [2.24, 2.45) is 0 Å². The molecule has 0 saturated heterocycles. The molecule has 8 nitrogen and oxygen atoms in total. The maximum absolute atomic E-state index is 11.6. The number of nitrogens with zero attached hydrogens (tertiary/aromatic N) is 1. The monoisotopic (exact) mass is 275 g/mol. The molecule has 9 heteroatoms. The number of carbonyl (C=O) groups is 1. The Bertz CT molecular complexity index is 563. The van der Waals surface area contributed by atoms with Crippen LogP contribution in [0, 0.1) is 10.1 Å². The van der Waals surface area contributed by atoms with Crippen LogP contribution in [-0.2, 0) is 19.1 Å². The molecule has 0 spiro atoms. The lowest BCUT2D eigenvalue weighted by molar-refractivity contribution is -0.384. The Morgan fingerprint density at radius 3 is 2.28 bits per heavy atom. The number of hydrogen-bond donors (Lipinski definition) is 1. The number of nitro groups is 1. The minimum absolute atomic E-state index is 0.278. The molecule has 1 N–H and O–H groups in total. The van der Waals surface area contributed by atoms with E-state index in [4.69, 9.17) is 5.11 Å². The number of rotatable bonds is 5. The van der Waals surface area contributed by atoms with Gasteiger partial charge in [-0.05, 0) is 19.1 Å². The van der Waals surface area contributed by atoms with Crippen molar-refractivity contribution in [3.63, 3.8) is 0 Å². The van der Waals surface area contributed by atoms with Crippen LogP contribution in [0.4, 0.5) is 5.69 Å². The Morgan fingerprint density at radius 2 is 1.89 bits per heavy atom. The van der Waals surface area contributed by atoms with Crippen LogP contribution in [0.1, 0.15) is 6.92 Å². The van der Waals surface area contributed by atoms with Crippen molar-refractivity contribution in [1.82, 2.24) is 0 Å². The molecule has 0 heterocycles. The van der Waals surface area contributed by atoms with Gasteiger partial charge in [0.15, 0.2) is 6.10 Å². The fourth-order valence-electron chi connectivity index (χ4n) is 1.02. The van der Waals surface area contributed by atoms with Crippen molar-refractivity contribution in [3.05, 3.63) is 34.4 Å². The molecule has 0 aliphatic rings. The van der Waals surface area contributed by atoms with Gasteiger partial charge in [0, 0.05) is 12.1 Å². The summed E-state index contributed by atoms with van der Waals surface area (Å²) in [4.78, 5) is 19.8. The van der Waals surface area contributed by atoms with Crippen LogP contribution in [0.25, 0.3) is 0 Å². The van der Waals surface area contributed by atoms with Gasteiger partial charge in [0.2, 0.25) is 0 Å². The van der Waals surface area contributed by atoms with E-state index < -0.39 is 27.1 Å². The first-order chi connectivity index (χ1) is 8.24. The fraction of sp³-hybridized carbons (Fsp3) is 0.222. The van der Waals surface area contributed by atoms with Crippen molar-refractivity contribution in [2.75, 3.05) is 0 Å². The summed E-state index contributed by atoms with van der Waals surface area (Å²) < 4.78 is 27.5. The number of nitro benzene ring substituents is 1. The predicted molar refractivity (Wildman–Crippen MR) is 58.5 cm³/mol. The molecule has 0 bridgehead atoms. The summed E-state index contributed by atoms with van der Waals surface area (Å²) in [5.74, 6) is -1.43. The summed E-state index contributed by atoms with van der Waals surface area (Å²) in [5, 5.41) is 18.9. The van der Waals surface area contributed by atoms with E-state index in [-0.39, 0.29) is 10.6 Å². The molecule has 1 rings (SSSR count). The van der Waals surface area contributed by atoms with Gasteiger partial charge in [-0.3, -0.25) is 14.3 Å². The predicted octanol–water partition coefficient (Wildman–Crippen LogP) is 0.773. The fourth-order valence-corrected chi connectivity index (χ4v) is 2.06. The van der Waals surface area contributed by atoms with Gasteiger partial charge in [-0.25, -0.2) is 4.79 Å². The van der Waals surface area contributed by atoms with Crippen LogP contribution < -0.4 is 0 Å². The van der Waals surface area contributed by atoms with E-state index in [1.807, 2.05) is 0 Å². The van der Waals surface area contributed by atoms with Crippen LogP contribution in [0.15, 0.2) is 29.2 Å². The second kappa shape index (κ2) is 5.10. The highest BCUT2D eigenvalue weighted by Gasteiger charge is 2.23. The minimum Gasteiger partial charge on any atom is -0.479 e. The van der Waals surface area contributed by atoms with Gasteiger partial charge in [0.25, 0.3) is 15.8 Å². The van der Waals surface area contributed by atoms with Crippen LogP contribution in [0.2, 0.25) is 0 Å². The Labute approximate surface area is 102 Å². The Morgan fingerprint density at radius 1 is 1.39 bits per heavy atom. The molecular weight excluding hydrogens is 266 g/mol. The molecule has 1 unspecified atom stereocenters. The number of non-ortho nitro benzene ring substituents is 1. The van der Waals surface area contributed by atoms with Gasteiger partial charge >= 0.3 is 5.97 Å². The lowest BCUT2D eigenvalue weighted by Gasteiger charge is -2.08. The first-order valence-corrected chi connectivity index (χ1v) is 6.05. The Hall–Kier alpha value is -2.00. The SMILES string of the molecule is CC(OS(=O)(=O)c1ccc([N+](=O)[O-])cc1)C(=O)O. The van der Waals surface area contributed by atoms with Crippen molar-refractivity contribution in [1.29, 1.82) is 0 Å². The molecular formula is C9H9NO7S. The zero-order chi connectivity index (χ0) is 13.9. The second-order valence-electron chi connectivity index (χ2n) is 3.28. The summed E-state index contributed by atoms with van der Waals surface area (Å²) in [7, 11) is -4.25. The molecule has 0 aliphatic carbocycles. The van der Waals surface area contributed by atoms with Gasteiger partial charge in [0.05, 0.1) is 9.82 Å². The molecule has 1 aromatic carbocycles. The molecule has 0 aliphatic heterocycles. The maximum atomic E-state index is 11.6. The van der Waals surface area contributed by atoms with Crippen LogP contribution in [0.5, 0.6) is 0 Å². The zero-order valence-corrected chi connectivity index (χ0v) is 9.96. The van der Waals surface area contributed by atoms with Crippen LogP contribution in [-0.4, -0.2) is 30.5 Å². The number of carboxylic acids is 1. The summed E-state index contributed by atoms with van der Waals surface area (Å²) in [5.41, 5.74) is -0.278. The number of carboxylic acid groups (broad SMARTS) is 1. The molecule has 0 aromatic heterocycles. The third kappa shape index (κ3) is 3.25. The van der Waals surface area contributed by atoms with E-state index in [1.165, 1.54) is 0 Å². The van der Waals surface area contributed by atoms with E-state index in [2.05, 4.69) is 4.18 Å². The number of aliphatic carboxylic acids is 1. The van der Waals surface area contributed by atoms with Crippen LogP contribution in [0.3, 0.4) is 0 Å². The molecule has 0 fully saturated rings. The van der Waals surface area contributed by atoms with Gasteiger partial charge < -0.3 is 5.11 Å². The topological polar surface area (TPSA) is 124 Å². The molecule has 0 amide bonds. The van der Waals surface area contributed by atoms with Crippen molar-refractivity contribution in [3.8, 4) is 0 Å². The normalized spacial score (nSPS) is 12.9. The molecule has 0 radical (unpaired) electrons. The van der Waals surface area contributed by atoms with Crippen molar-refractivity contribution >= 4 is 21.8 Å². The Balaban J connectivity index is 2.99. The third-order valence-corrected chi connectivity index (χ3v) is 3.35. The number of hydrogen-bond acceptors (Lipinski definition) is 6. The average molecular weight is 275 g/mol. The highest BCUT2D eigenvalue weighted by molar-refractivity contribution is 7.86.